The van der Waals surface area contributed by atoms with Gasteiger partial charge in [0, 0.05) is 12.5 Å². The number of likely N-dealkylation sites (N-methyl/N-ethyl adjacent to an activating group) is 1. The standard InChI is InChI=1S/C20H22FNO/c1-22(2)12-16-11-19-17-6-4-3-5-13(17)9-14-7-8-15(21)10-18(14)20(19)23-16/h3-8,10,16,19-20H,9,11-12H2,1-2H3/t16-,19+,20+/m0/s1. The summed E-state index contributed by atoms with van der Waals surface area (Å²) in [6.07, 6.45) is 2.02. The zero-order valence-electron chi connectivity index (χ0n) is 13.6. The monoisotopic (exact) mass is 311 g/mol. The zero-order chi connectivity index (χ0) is 16.0. The Labute approximate surface area is 136 Å². The molecule has 0 N–H and O–H groups in total. The molecule has 2 aromatic rings. The Kier molecular flexibility index (Phi) is 3.70. The lowest BCUT2D eigenvalue weighted by atomic mass is 9.87. The number of ether oxygens (including phenoxy) is 1. The van der Waals surface area contributed by atoms with Gasteiger partial charge in [0.25, 0.3) is 0 Å². The number of fused-ring (bicyclic) bond motifs is 5. The van der Waals surface area contributed by atoms with Gasteiger partial charge in [-0.15, -0.1) is 0 Å². The molecule has 0 radical (unpaired) electrons. The van der Waals surface area contributed by atoms with Crippen LogP contribution < -0.4 is 0 Å². The van der Waals surface area contributed by atoms with Gasteiger partial charge in [0.15, 0.2) is 0 Å². The van der Waals surface area contributed by atoms with Gasteiger partial charge < -0.3 is 9.64 Å². The van der Waals surface area contributed by atoms with Crippen molar-refractivity contribution in [2.45, 2.75) is 31.0 Å². The molecule has 2 nitrogen and oxygen atoms in total. The molecule has 3 atom stereocenters. The molecule has 1 heterocycles. The van der Waals surface area contributed by atoms with Crippen molar-refractivity contribution in [3.8, 4) is 0 Å². The molecule has 1 aliphatic carbocycles. The summed E-state index contributed by atoms with van der Waals surface area (Å²) in [6, 6.07) is 13.8. The van der Waals surface area contributed by atoms with E-state index < -0.39 is 0 Å². The molecule has 0 amide bonds. The fraction of sp³-hybridized carbons (Fsp3) is 0.400. The lowest BCUT2D eigenvalue weighted by Crippen LogP contribution is -2.25. The summed E-state index contributed by atoms with van der Waals surface area (Å²) in [7, 11) is 4.14. The molecule has 1 aliphatic heterocycles. The molecular formula is C20H22FNO. The van der Waals surface area contributed by atoms with E-state index in [0.29, 0.717) is 5.92 Å². The Hall–Kier alpha value is -1.71. The van der Waals surface area contributed by atoms with Crippen LogP contribution in [-0.2, 0) is 11.2 Å². The number of halogens is 1. The summed E-state index contributed by atoms with van der Waals surface area (Å²) < 4.78 is 20.2. The highest BCUT2D eigenvalue weighted by Crippen LogP contribution is 2.49. The lowest BCUT2D eigenvalue weighted by Gasteiger charge is -2.20. The van der Waals surface area contributed by atoms with E-state index >= 15 is 0 Å². The van der Waals surface area contributed by atoms with Crippen molar-refractivity contribution < 1.29 is 9.13 Å². The van der Waals surface area contributed by atoms with Crippen LogP contribution in [0.15, 0.2) is 42.5 Å². The molecule has 3 heteroatoms. The SMILES string of the molecule is CN(C)C[C@@H]1C[C@@H]2c3ccccc3Cc3ccc(F)cc3[C@H]2O1. The quantitative estimate of drug-likeness (QED) is 0.834. The maximum absolute atomic E-state index is 13.9. The highest BCUT2D eigenvalue weighted by molar-refractivity contribution is 5.45. The van der Waals surface area contributed by atoms with Crippen LogP contribution in [0, 0.1) is 5.82 Å². The number of benzene rings is 2. The molecule has 2 aliphatic rings. The van der Waals surface area contributed by atoms with E-state index in [2.05, 4.69) is 43.3 Å². The molecule has 2 aromatic carbocycles. The third-order valence-corrected chi connectivity index (χ3v) is 5.04. The van der Waals surface area contributed by atoms with Crippen molar-refractivity contribution >= 4 is 0 Å². The Morgan fingerprint density at radius 3 is 2.70 bits per heavy atom. The fourth-order valence-electron chi connectivity index (χ4n) is 4.12. The van der Waals surface area contributed by atoms with E-state index in [0.717, 1.165) is 24.9 Å². The highest BCUT2D eigenvalue weighted by atomic mass is 19.1. The van der Waals surface area contributed by atoms with Crippen molar-refractivity contribution in [2.75, 3.05) is 20.6 Å². The molecule has 4 rings (SSSR count). The van der Waals surface area contributed by atoms with Gasteiger partial charge in [0.2, 0.25) is 0 Å². The predicted molar refractivity (Wildman–Crippen MR) is 89.2 cm³/mol. The molecule has 1 fully saturated rings. The first kappa shape index (κ1) is 14.9. The maximum Gasteiger partial charge on any atom is 0.123 e. The van der Waals surface area contributed by atoms with E-state index in [1.54, 1.807) is 12.1 Å². The average Bonchev–Trinajstić information content (AvgIpc) is 2.87. The zero-order valence-corrected chi connectivity index (χ0v) is 13.6. The summed E-state index contributed by atoms with van der Waals surface area (Å²) in [5, 5.41) is 0. The molecule has 0 spiro atoms. The molecule has 120 valence electrons. The van der Waals surface area contributed by atoms with Crippen LogP contribution in [0.25, 0.3) is 0 Å². The average molecular weight is 311 g/mol. The van der Waals surface area contributed by atoms with Crippen molar-refractivity contribution in [3.63, 3.8) is 0 Å². The summed E-state index contributed by atoms with van der Waals surface area (Å²) >= 11 is 0. The van der Waals surface area contributed by atoms with Crippen LogP contribution in [0.1, 0.15) is 40.7 Å². The first-order valence-electron chi connectivity index (χ1n) is 8.28. The minimum atomic E-state index is -0.173. The first-order valence-corrected chi connectivity index (χ1v) is 8.28. The number of nitrogens with zero attached hydrogens (tertiary/aromatic N) is 1. The molecule has 0 saturated carbocycles. The summed E-state index contributed by atoms with van der Waals surface area (Å²) in [4.78, 5) is 2.16. The second-order valence-electron chi connectivity index (χ2n) is 7.00. The number of rotatable bonds is 2. The van der Waals surface area contributed by atoms with Crippen molar-refractivity contribution in [1.82, 2.24) is 4.90 Å². The van der Waals surface area contributed by atoms with Crippen molar-refractivity contribution in [2.24, 2.45) is 0 Å². The van der Waals surface area contributed by atoms with Crippen molar-refractivity contribution in [1.29, 1.82) is 0 Å². The van der Waals surface area contributed by atoms with E-state index in [-0.39, 0.29) is 18.0 Å². The van der Waals surface area contributed by atoms with E-state index in [4.69, 9.17) is 4.74 Å². The van der Waals surface area contributed by atoms with Crippen molar-refractivity contribution in [3.05, 3.63) is 70.5 Å². The third-order valence-electron chi connectivity index (χ3n) is 5.04. The van der Waals surface area contributed by atoms with E-state index in [1.807, 2.05) is 6.07 Å². The van der Waals surface area contributed by atoms with Gasteiger partial charge in [0.1, 0.15) is 5.82 Å². The minimum Gasteiger partial charge on any atom is -0.368 e. The van der Waals surface area contributed by atoms with Crippen LogP contribution in [0.2, 0.25) is 0 Å². The molecular weight excluding hydrogens is 289 g/mol. The summed E-state index contributed by atoms with van der Waals surface area (Å²) in [6.45, 7) is 0.903. The first-order chi connectivity index (χ1) is 11.1. The molecule has 0 aromatic heterocycles. The van der Waals surface area contributed by atoms with Gasteiger partial charge in [0.05, 0.1) is 12.2 Å². The van der Waals surface area contributed by atoms with Crippen LogP contribution in [0.5, 0.6) is 0 Å². The van der Waals surface area contributed by atoms with Gasteiger partial charge in [-0.3, -0.25) is 0 Å². The van der Waals surface area contributed by atoms with E-state index in [1.165, 1.54) is 16.7 Å². The summed E-state index contributed by atoms with van der Waals surface area (Å²) in [5.74, 6) is 0.146. The van der Waals surface area contributed by atoms with Crippen LogP contribution in [-0.4, -0.2) is 31.6 Å². The van der Waals surface area contributed by atoms with E-state index in [9.17, 15) is 4.39 Å². The molecule has 1 saturated heterocycles. The third kappa shape index (κ3) is 2.68. The molecule has 0 unspecified atom stereocenters. The fourth-order valence-corrected chi connectivity index (χ4v) is 4.12. The van der Waals surface area contributed by atoms with Gasteiger partial charge in [-0.2, -0.15) is 0 Å². The topological polar surface area (TPSA) is 12.5 Å². The largest absolute Gasteiger partial charge is 0.368 e. The van der Waals surface area contributed by atoms with Gasteiger partial charge in [-0.25, -0.2) is 4.39 Å². The van der Waals surface area contributed by atoms with Gasteiger partial charge >= 0.3 is 0 Å². The Morgan fingerprint density at radius 2 is 1.87 bits per heavy atom. The Balaban J connectivity index is 1.80. The lowest BCUT2D eigenvalue weighted by molar-refractivity contribution is 0.0270. The van der Waals surface area contributed by atoms with Gasteiger partial charge in [-0.1, -0.05) is 30.3 Å². The van der Waals surface area contributed by atoms with Crippen LogP contribution in [0.3, 0.4) is 0 Å². The number of hydrogen-bond acceptors (Lipinski definition) is 2. The molecule has 23 heavy (non-hydrogen) atoms. The maximum atomic E-state index is 13.9. The van der Waals surface area contributed by atoms with Gasteiger partial charge in [-0.05, 0) is 61.3 Å². The van der Waals surface area contributed by atoms with Crippen LogP contribution in [0.4, 0.5) is 4.39 Å². The second kappa shape index (κ2) is 5.73. The summed E-state index contributed by atoms with van der Waals surface area (Å²) in [5.41, 5.74) is 4.95. The Bertz CT molecular complexity index is 727. The second-order valence-corrected chi connectivity index (χ2v) is 7.00. The Morgan fingerprint density at radius 1 is 1.09 bits per heavy atom. The normalized spacial score (nSPS) is 25.7. The molecule has 0 bridgehead atoms. The minimum absolute atomic E-state index is 0.0331. The number of hydrogen-bond donors (Lipinski definition) is 0. The predicted octanol–water partition coefficient (Wildman–Crippen LogP) is 3.91. The highest BCUT2D eigenvalue weighted by Gasteiger charge is 2.40. The smallest absolute Gasteiger partial charge is 0.123 e. The van der Waals surface area contributed by atoms with Crippen LogP contribution >= 0.6 is 0 Å².